The summed E-state index contributed by atoms with van der Waals surface area (Å²) in [5.74, 6) is 0.710. The maximum Gasteiger partial charge on any atom is 0.274 e. The van der Waals surface area contributed by atoms with Gasteiger partial charge in [0.05, 0.1) is 18.9 Å². The van der Waals surface area contributed by atoms with Crippen LogP contribution in [0.2, 0.25) is 0 Å². The molecule has 0 aliphatic carbocycles. The molecule has 4 nitrogen and oxygen atoms in total. The number of aryl methyl sites for hydroxylation is 1. The predicted molar refractivity (Wildman–Crippen MR) is 109 cm³/mol. The first-order valence-electron chi connectivity index (χ1n) is 8.81. The van der Waals surface area contributed by atoms with E-state index >= 15 is 0 Å². The van der Waals surface area contributed by atoms with Crippen LogP contribution in [0, 0.1) is 6.92 Å². The summed E-state index contributed by atoms with van der Waals surface area (Å²) in [4.78, 5) is 14.3. The van der Waals surface area contributed by atoms with Gasteiger partial charge in [0.25, 0.3) is 5.91 Å². The SMILES string of the molecule is COc1cccc(C2=NN(C(=O)c3cccc(C)c3)C(c3cccs3)C2)c1. The maximum atomic E-state index is 13.2. The smallest absolute Gasteiger partial charge is 0.274 e. The van der Waals surface area contributed by atoms with Gasteiger partial charge >= 0.3 is 0 Å². The highest BCUT2D eigenvalue weighted by Crippen LogP contribution is 2.36. The Morgan fingerprint density at radius 3 is 2.74 bits per heavy atom. The van der Waals surface area contributed by atoms with Gasteiger partial charge in [0.15, 0.2) is 0 Å². The highest BCUT2D eigenvalue weighted by atomic mass is 32.1. The molecule has 0 saturated carbocycles. The molecule has 0 bridgehead atoms. The molecule has 1 aliphatic heterocycles. The zero-order valence-corrected chi connectivity index (χ0v) is 16.1. The van der Waals surface area contributed by atoms with Crippen molar-refractivity contribution in [3.05, 3.63) is 87.6 Å². The number of methoxy groups -OCH3 is 1. The van der Waals surface area contributed by atoms with Gasteiger partial charge in [-0.25, -0.2) is 5.01 Å². The molecule has 27 heavy (non-hydrogen) atoms. The van der Waals surface area contributed by atoms with E-state index in [4.69, 9.17) is 9.84 Å². The predicted octanol–water partition coefficient (Wildman–Crippen LogP) is 5.06. The van der Waals surface area contributed by atoms with E-state index in [9.17, 15) is 4.79 Å². The third-order valence-corrected chi connectivity index (χ3v) is 5.63. The first-order chi connectivity index (χ1) is 13.2. The van der Waals surface area contributed by atoms with Crippen molar-refractivity contribution in [3.63, 3.8) is 0 Å². The summed E-state index contributed by atoms with van der Waals surface area (Å²) in [7, 11) is 1.65. The lowest BCUT2D eigenvalue weighted by atomic mass is 10.0. The van der Waals surface area contributed by atoms with Crippen LogP contribution in [0.5, 0.6) is 5.75 Å². The van der Waals surface area contributed by atoms with Crippen LogP contribution < -0.4 is 4.74 Å². The van der Waals surface area contributed by atoms with E-state index in [0.29, 0.717) is 12.0 Å². The molecule has 1 aliphatic rings. The Labute approximate surface area is 162 Å². The van der Waals surface area contributed by atoms with Crippen molar-refractivity contribution in [2.24, 2.45) is 5.10 Å². The molecule has 2 heterocycles. The first kappa shape index (κ1) is 17.5. The van der Waals surface area contributed by atoms with Gasteiger partial charge in [-0.15, -0.1) is 11.3 Å². The van der Waals surface area contributed by atoms with Crippen molar-refractivity contribution in [2.75, 3.05) is 7.11 Å². The third-order valence-electron chi connectivity index (χ3n) is 4.66. The van der Waals surface area contributed by atoms with Crippen molar-refractivity contribution < 1.29 is 9.53 Å². The van der Waals surface area contributed by atoms with Crippen LogP contribution in [0.15, 0.2) is 71.1 Å². The van der Waals surface area contributed by atoms with E-state index in [0.717, 1.165) is 27.5 Å². The summed E-state index contributed by atoms with van der Waals surface area (Å²) in [5.41, 5.74) is 3.60. The molecular weight excluding hydrogens is 356 g/mol. The highest BCUT2D eigenvalue weighted by Gasteiger charge is 2.34. The number of hydrazone groups is 1. The number of hydrogen-bond donors (Lipinski definition) is 0. The molecule has 0 N–H and O–H groups in total. The Balaban J connectivity index is 1.72. The number of rotatable bonds is 4. The minimum atomic E-state index is -0.0841. The molecule has 2 aromatic carbocycles. The highest BCUT2D eigenvalue weighted by molar-refractivity contribution is 7.10. The van der Waals surface area contributed by atoms with Crippen molar-refractivity contribution in [1.29, 1.82) is 0 Å². The number of benzene rings is 2. The van der Waals surface area contributed by atoms with E-state index < -0.39 is 0 Å². The molecule has 1 aromatic heterocycles. The fraction of sp³-hybridized carbons (Fsp3) is 0.182. The van der Waals surface area contributed by atoms with Crippen LogP contribution in [-0.2, 0) is 0 Å². The lowest BCUT2D eigenvalue weighted by Crippen LogP contribution is -2.26. The molecule has 1 atom stereocenters. The van der Waals surface area contributed by atoms with Crippen LogP contribution in [-0.4, -0.2) is 23.7 Å². The summed E-state index contributed by atoms with van der Waals surface area (Å²) in [6.07, 6.45) is 0.686. The summed E-state index contributed by atoms with van der Waals surface area (Å²) in [5, 5.41) is 8.40. The first-order valence-corrected chi connectivity index (χ1v) is 9.69. The number of amides is 1. The lowest BCUT2D eigenvalue weighted by Gasteiger charge is -2.20. The Morgan fingerprint density at radius 2 is 2.00 bits per heavy atom. The van der Waals surface area contributed by atoms with Crippen LogP contribution in [0.25, 0.3) is 0 Å². The minimum absolute atomic E-state index is 0.0741. The Morgan fingerprint density at radius 1 is 1.15 bits per heavy atom. The van der Waals surface area contributed by atoms with Gasteiger partial charge in [-0.2, -0.15) is 5.10 Å². The average Bonchev–Trinajstić information content (AvgIpc) is 3.37. The largest absolute Gasteiger partial charge is 0.497 e. The van der Waals surface area contributed by atoms with E-state index in [1.54, 1.807) is 23.5 Å². The fourth-order valence-corrected chi connectivity index (χ4v) is 4.10. The number of hydrogen-bond acceptors (Lipinski definition) is 4. The average molecular weight is 376 g/mol. The molecule has 1 amide bonds. The second kappa shape index (κ2) is 7.37. The van der Waals surface area contributed by atoms with Gasteiger partial charge < -0.3 is 4.74 Å². The second-order valence-corrected chi connectivity index (χ2v) is 7.51. The summed E-state index contributed by atoms with van der Waals surface area (Å²) in [6.45, 7) is 1.99. The molecule has 0 radical (unpaired) electrons. The number of carbonyl (C=O) groups excluding carboxylic acids is 1. The van der Waals surface area contributed by atoms with Gasteiger partial charge in [0, 0.05) is 22.4 Å². The summed E-state index contributed by atoms with van der Waals surface area (Å²) >= 11 is 1.65. The Kier molecular flexibility index (Phi) is 4.77. The van der Waals surface area contributed by atoms with Crippen LogP contribution >= 0.6 is 11.3 Å². The van der Waals surface area contributed by atoms with Crippen LogP contribution in [0.4, 0.5) is 0 Å². The van der Waals surface area contributed by atoms with Gasteiger partial charge in [-0.3, -0.25) is 4.79 Å². The summed E-state index contributed by atoms with van der Waals surface area (Å²) < 4.78 is 5.34. The molecule has 4 rings (SSSR count). The second-order valence-electron chi connectivity index (χ2n) is 6.53. The molecule has 0 spiro atoms. The van der Waals surface area contributed by atoms with Gasteiger partial charge in [-0.1, -0.05) is 35.9 Å². The lowest BCUT2D eigenvalue weighted by molar-refractivity contribution is 0.0713. The molecule has 5 heteroatoms. The van der Waals surface area contributed by atoms with E-state index in [-0.39, 0.29) is 11.9 Å². The van der Waals surface area contributed by atoms with Crippen LogP contribution in [0.1, 0.15) is 38.8 Å². The van der Waals surface area contributed by atoms with Crippen molar-refractivity contribution in [3.8, 4) is 5.75 Å². The quantitative estimate of drug-likeness (QED) is 0.639. The number of thiophene rings is 1. The fourth-order valence-electron chi connectivity index (χ4n) is 3.29. The number of nitrogens with zero attached hydrogens (tertiary/aromatic N) is 2. The molecule has 3 aromatic rings. The summed E-state index contributed by atoms with van der Waals surface area (Å²) in [6, 6.07) is 19.5. The normalized spacial score (nSPS) is 16.3. The molecule has 0 saturated heterocycles. The molecule has 0 fully saturated rings. The molecular formula is C22H20N2O2S. The van der Waals surface area contributed by atoms with Crippen molar-refractivity contribution in [2.45, 2.75) is 19.4 Å². The van der Waals surface area contributed by atoms with Crippen LogP contribution in [0.3, 0.4) is 0 Å². The zero-order chi connectivity index (χ0) is 18.8. The molecule has 1 unspecified atom stereocenters. The van der Waals surface area contributed by atoms with E-state index in [1.807, 2.05) is 66.9 Å². The third kappa shape index (κ3) is 3.51. The zero-order valence-electron chi connectivity index (χ0n) is 15.3. The van der Waals surface area contributed by atoms with Gasteiger partial charge in [0.2, 0.25) is 0 Å². The van der Waals surface area contributed by atoms with E-state index in [2.05, 4.69) is 6.07 Å². The number of carbonyl (C=O) groups is 1. The number of ether oxygens (including phenoxy) is 1. The van der Waals surface area contributed by atoms with Gasteiger partial charge in [0.1, 0.15) is 5.75 Å². The Bertz CT molecular complexity index is 995. The minimum Gasteiger partial charge on any atom is -0.497 e. The van der Waals surface area contributed by atoms with Gasteiger partial charge in [-0.05, 0) is 42.6 Å². The van der Waals surface area contributed by atoms with Crippen molar-refractivity contribution in [1.82, 2.24) is 5.01 Å². The maximum absolute atomic E-state index is 13.2. The monoisotopic (exact) mass is 376 g/mol. The standard InChI is InChI=1S/C22H20N2O2S/c1-15-6-3-8-17(12-15)22(25)24-20(21-10-5-11-27-21)14-19(23-24)16-7-4-9-18(13-16)26-2/h3-13,20H,14H2,1-2H3. The van der Waals surface area contributed by atoms with E-state index in [1.165, 1.54) is 0 Å². The topological polar surface area (TPSA) is 41.9 Å². The van der Waals surface area contributed by atoms with Crippen molar-refractivity contribution >= 4 is 23.0 Å². The molecule has 136 valence electrons. The Hall–Kier alpha value is -2.92.